The summed E-state index contributed by atoms with van der Waals surface area (Å²) in [4.78, 5) is 17.5. The predicted molar refractivity (Wildman–Crippen MR) is 110 cm³/mol. The number of benzene rings is 2. The normalized spacial score (nSPS) is 15.1. The summed E-state index contributed by atoms with van der Waals surface area (Å²) in [5, 5.41) is 0.760. The molecule has 3 rings (SSSR count). The zero-order valence-electron chi connectivity index (χ0n) is 15.4. The van der Waals surface area contributed by atoms with Gasteiger partial charge in [-0.1, -0.05) is 49.2 Å². The van der Waals surface area contributed by atoms with Gasteiger partial charge in [0.25, 0.3) is 0 Å². The van der Waals surface area contributed by atoms with Gasteiger partial charge in [-0.15, -0.1) is 0 Å². The molecule has 0 aliphatic carbocycles. The number of hydrogen-bond acceptors (Lipinski definition) is 2. The lowest BCUT2D eigenvalue weighted by molar-refractivity contribution is -0.123. The minimum absolute atomic E-state index is 0.0995. The molecule has 1 amide bonds. The highest BCUT2D eigenvalue weighted by Gasteiger charge is 2.29. The Morgan fingerprint density at radius 2 is 1.85 bits per heavy atom. The minimum atomic E-state index is 0.0995. The number of amides is 1. The molecule has 2 aromatic rings. The van der Waals surface area contributed by atoms with Gasteiger partial charge in [0.1, 0.15) is 0 Å². The van der Waals surface area contributed by atoms with Gasteiger partial charge in [0, 0.05) is 41.9 Å². The molecule has 4 heteroatoms. The van der Waals surface area contributed by atoms with E-state index in [9.17, 15) is 4.79 Å². The second-order valence-corrected chi connectivity index (χ2v) is 7.36. The van der Waals surface area contributed by atoms with Crippen molar-refractivity contribution < 1.29 is 4.79 Å². The van der Waals surface area contributed by atoms with Gasteiger partial charge < -0.3 is 9.80 Å². The maximum absolute atomic E-state index is 13.2. The zero-order chi connectivity index (χ0) is 18.4. The van der Waals surface area contributed by atoms with Crippen LogP contribution in [0.15, 0.2) is 54.6 Å². The number of carbonyl (C=O) groups excluding carboxylic acids is 1. The van der Waals surface area contributed by atoms with Gasteiger partial charge in [-0.05, 0) is 49.6 Å². The number of nitrogens with zero attached hydrogens (tertiary/aromatic N) is 2. The zero-order valence-corrected chi connectivity index (χ0v) is 16.2. The van der Waals surface area contributed by atoms with Crippen LogP contribution in [0.25, 0.3) is 0 Å². The van der Waals surface area contributed by atoms with E-state index < -0.39 is 0 Å². The van der Waals surface area contributed by atoms with E-state index in [1.165, 1.54) is 0 Å². The summed E-state index contributed by atoms with van der Waals surface area (Å²) in [6.45, 7) is 4.76. The van der Waals surface area contributed by atoms with Crippen LogP contribution < -0.4 is 9.80 Å². The maximum Gasteiger partial charge on any atom is 0.230 e. The molecule has 2 aromatic carbocycles. The Hall–Kier alpha value is -2.00. The lowest BCUT2D eigenvalue weighted by Crippen LogP contribution is -2.43. The molecule has 1 aliphatic heterocycles. The topological polar surface area (TPSA) is 23.6 Å². The summed E-state index contributed by atoms with van der Waals surface area (Å²) in [6, 6.07) is 18.0. The van der Waals surface area contributed by atoms with E-state index in [2.05, 4.69) is 17.9 Å². The number of para-hydroxylation sites is 1. The first-order chi connectivity index (χ1) is 12.7. The number of carbonyl (C=O) groups is 1. The molecule has 138 valence electrons. The molecule has 0 atom stereocenters. The van der Waals surface area contributed by atoms with Gasteiger partial charge in [0.2, 0.25) is 5.91 Å². The Kier molecular flexibility index (Phi) is 6.56. The van der Waals surface area contributed by atoms with E-state index >= 15 is 0 Å². The third-order valence-electron chi connectivity index (χ3n) is 5.09. The fourth-order valence-corrected chi connectivity index (χ4v) is 3.75. The average molecular weight is 371 g/mol. The second kappa shape index (κ2) is 9.09. The highest BCUT2D eigenvalue weighted by Crippen LogP contribution is 2.28. The smallest absolute Gasteiger partial charge is 0.230 e. The third kappa shape index (κ3) is 4.59. The average Bonchev–Trinajstić information content (AvgIpc) is 2.69. The Bertz CT molecular complexity index is 711. The highest BCUT2D eigenvalue weighted by molar-refractivity contribution is 6.30. The quantitative estimate of drug-likeness (QED) is 0.680. The molecule has 0 N–H and O–H groups in total. The summed E-state index contributed by atoms with van der Waals surface area (Å²) < 4.78 is 0. The monoisotopic (exact) mass is 370 g/mol. The van der Waals surface area contributed by atoms with Crippen LogP contribution in [0.5, 0.6) is 0 Å². The van der Waals surface area contributed by atoms with Crippen LogP contribution in [-0.4, -0.2) is 25.5 Å². The number of rotatable bonds is 6. The van der Waals surface area contributed by atoms with E-state index in [-0.39, 0.29) is 11.8 Å². The van der Waals surface area contributed by atoms with Crippen molar-refractivity contribution >= 4 is 28.9 Å². The number of piperidine rings is 1. The Morgan fingerprint density at radius 3 is 2.50 bits per heavy atom. The molecule has 0 aromatic heterocycles. The molecule has 3 nitrogen and oxygen atoms in total. The van der Waals surface area contributed by atoms with Crippen molar-refractivity contribution in [2.75, 3.05) is 29.4 Å². The third-order valence-corrected chi connectivity index (χ3v) is 5.32. The lowest BCUT2D eigenvalue weighted by Gasteiger charge is -2.35. The molecular formula is C22H27ClN2O. The fourth-order valence-electron chi connectivity index (χ4n) is 3.57. The van der Waals surface area contributed by atoms with Gasteiger partial charge in [0.15, 0.2) is 0 Å². The van der Waals surface area contributed by atoms with E-state index in [0.717, 1.165) is 61.7 Å². The number of hydrogen-bond donors (Lipinski definition) is 0. The summed E-state index contributed by atoms with van der Waals surface area (Å²) >= 11 is 6.11. The van der Waals surface area contributed by atoms with E-state index in [4.69, 9.17) is 11.6 Å². The SMILES string of the molecule is CCCCN(C(=O)C1CCN(c2cccc(Cl)c2)CC1)c1ccccc1. The molecule has 26 heavy (non-hydrogen) atoms. The second-order valence-electron chi connectivity index (χ2n) is 6.92. The summed E-state index contributed by atoms with van der Waals surface area (Å²) in [6.07, 6.45) is 3.90. The van der Waals surface area contributed by atoms with Crippen LogP contribution in [0.4, 0.5) is 11.4 Å². The van der Waals surface area contributed by atoms with Crippen LogP contribution in [0.3, 0.4) is 0 Å². The van der Waals surface area contributed by atoms with Crippen LogP contribution in [0.1, 0.15) is 32.6 Å². The lowest BCUT2D eigenvalue weighted by atomic mass is 9.94. The number of halogens is 1. The van der Waals surface area contributed by atoms with Crippen molar-refractivity contribution in [1.82, 2.24) is 0 Å². The van der Waals surface area contributed by atoms with Gasteiger partial charge >= 0.3 is 0 Å². The largest absolute Gasteiger partial charge is 0.371 e. The molecule has 0 unspecified atom stereocenters. The molecule has 1 saturated heterocycles. The summed E-state index contributed by atoms with van der Waals surface area (Å²) in [5.74, 6) is 0.373. The highest BCUT2D eigenvalue weighted by atomic mass is 35.5. The fraction of sp³-hybridized carbons (Fsp3) is 0.409. The van der Waals surface area contributed by atoms with Crippen molar-refractivity contribution in [2.24, 2.45) is 5.92 Å². The van der Waals surface area contributed by atoms with E-state index in [1.54, 1.807) is 0 Å². The Morgan fingerprint density at radius 1 is 1.12 bits per heavy atom. The summed E-state index contributed by atoms with van der Waals surface area (Å²) in [5.41, 5.74) is 2.16. The van der Waals surface area contributed by atoms with Crippen molar-refractivity contribution in [3.8, 4) is 0 Å². The Labute approximate surface area is 161 Å². The molecule has 0 bridgehead atoms. The molecule has 1 fully saturated rings. The van der Waals surface area contributed by atoms with Crippen LogP contribution in [0.2, 0.25) is 5.02 Å². The molecule has 0 spiro atoms. The summed E-state index contributed by atoms with van der Waals surface area (Å²) in [7, 11) is 0. The van der Waals surface area contributed by atoms with Gasteiger partial charge in [-0.3, -0.25) is 4.79 Å². The maximum atomic E-state index is 13.2. The first-order valence-corrected chi connectivity index (χ1v) is 9.93. The molecule has 0 saturated carbocycles. The van der Waals surface area contributed by atoms with Gasteiger partial charge in [-0.2, -0.15) is 0 Å². The van der Waals surface area contributed by atoms with Gasteiger partial charge in [0.05, 0.1) is 0 Å². The predicted octanol–water partition coefficient (Wildman–Crippen LogP) is 5.39. The van der Waals surface area contributed by atoms with Crippen molar-refractivity contribution in [3.05, 3.63) is 59.6 Å². The Balaban J connectivity index is 1.65. The van der Waals surface area contributed by atoms with Crippen LogP contribution in [-0.2, 0) is 4.79 Å². The molecule has 1 aliphatic rings. The van der Waals surface area contributed by atoms with Crippen molar-refractivity contribution in [2.45, 2.75) is 32.6 Å². The molecule has 0 radical (unpaired) electrons. The van der Waals surface area contributed by atoms with Crippen molar-refractivity contribution in [1.29, 1.82) is 0 Å². The number of anilines is 2. The first kappa shape index (κ1) is 18.8. The minimum Gasteiger partial charge on any atom is -0.371 e. The van der Waals surface area contributed by atoms with Crippen LogP contribution >= 0.6 is 11.6 Å². The number of unbranched alkanes of at least 4 members (excludes halogenated alkanes) is 1. The standard InChI is InChI=1S/C22H27ClN2O/c1-2-3-14-25(20-9-5-4-6-10-20)22(26)18-12-15-24(16-13-18)21-11-7-8-19(23)17-21/h4-11,17-18H,2-3,12-16H2,1H3. The van der Waals surface area contributed by atoms with E-state index in [0.29, 0.717) is 0 Å². The molecule has 1 heterocycles. The van der Waals surface area contributed by atoms with Crippen LogP contribution in [0, 0.1) is 5.92 Å². The van der Waals surface area contributed by atoms with Gasteiger partial charge in [-0.25, -0.2) is 0 Å². The molecular weight excluding hydrogens is 344 g/mol. The van der Waals surface area contributed by atoms with Crippen molar-refractivity contribution in [3.63, 3.8) is 0 Å². The van der Waals surface area contributed by atoms with E-state index in [1.807, 2.05) is 53.4 Å². The first-order valence-electron chi connectivity index (χ1n) is 9.56.